The second-order valence-corrected chi connectivity index (χ2v) is 6.58. The van der Waals surface area contributed by atoms with Crippen LogP contribution in [-0.4, -0.2) is 14.2 Å². The maximum absolute atomic E-state index is 14.5. The van der Waals surface area contributed by atoms with Gasteiger partial charge in [0.1, 0.15) is 17.3 Å². The number of halogens is 2. The van der Waals surface area contributed by atoms with Crippen LogP contribution in [-0.2, 0) is 13.1 Å². The predicted octanol–water partition coefficient (Wildman–Crippen LogP) is 5.70. The highest BCUT2D eigenvalue weighted by Gasteiger charge is 2.14. The molecule has 0 aliphatic carbocycles. The molecule has 0 radical (unpaired) electrons. The first-order valence-electron chi connectivity index (χ1n) is 8.55. The Morgan fingerprint density at radius 1 is 0.778 bits per heavy atom. The molecule has 27 heavy (non-hydrogen) atoms. The molecule has 3 aromatic carbocycles. The minimum Gasteiger partial charge on any atom is -0.497 e. The molecule has 0 atom stereocenters. The normalized spacial score (nSPS) is 10.5. The molecule has 3 nitrogen and oxygen atoms in total. The zero-order valence-electron chi connectivity index (χ0n) is 15.3. The minimum atomic E-state index is -0.304. The molecule has 0 saturated heterocycles. The highest BCUT2D eigenvalue weighted by Crippen LogP contribution is 2.27. The van der Waals surface area contributed by atoms with Gasteiger partial charge in [0.05, 0.1) is 19.9 Å². The van der Waals surface area contributed by atoms with Crippen LogP contribution in [0.25, 0.3) is 0 Å². The van der Waals surface area contributed by atoms with Gasteiger partial charge in [-0.25, -0.2) is 4.39 Å². The molecular weight excluding hydrogens is 365 g/mol. The van der Waals surface area contributed by atoms with Crippen molar-refractivity contribution in [2.24, 2.45) is 0 Å². The number of benzene rings is 3. The van der Waals surface area contributed by atoms with Gasteiger partial charge in [0.2, 0.25) is 0 Å². The maximum Gasteiger partial charge on any atom is 0.146 e. The third kappa shape index (κ3) is 4.92. The lowest BCUT2D eigenvalue weighted by Crippen LogP contribution is -2.23. The van der Waals surface area contributed by atoms with Crippen molar-refractivity contribution in [2.75, 3.05) is 19.1 Å². The molecule has 0 amide bonds. The maximum atomic E-state index is 14.5. The average Bonchev–Trinajstić information content (AvgIpc) is 2.70. The standard InChI is InChI=1S/C22H21ClFNO2/c1-26-19-8-3-16(4-9-19)14-25(22-13-18(23)7-12-21(22)24)15-17-5-10-20(27-2)11-6-17/h3-13H,14-15H2,1-2H3. The Kier molecular flexibility index (Phi) is 6.20. The Balaban J connectivity index is 1.90. The van der Waals surface area contributed by atoms with E-state index in [2.05, 4.69) is 0 Å². The molecule has 0 aliphatic heterocycles. The molecule has 3 aromatic rings. The van der Waals surface area contributed by atoms with Crippen LogP contribution in [0.1, 0.15) is 11.1 Å². The van der Waals surface area contributed by atoms with Gasteiger partial charge in [-0.3, -0.25) is 0 Å². The van der Waals surface area contributed by atoms with E-state index in [0.717, 1.165) is 22.6 Å². The van der Waals surface area contributed by atoms with E-state index in [1.165, 1.54) is 6.07 Å². The Morgan fingerprint density at radius 2 is 1.26 bits per heavy atom. The van der Waals surface area contributed by atoms with Gasteiger partial charge in [0, 0.05) is 18.1 Å². The van der Waals surface area contributed by atoms with Crippen molar-refractivity contribution in [3.8, 4) is 11.5 Å². The van der Waals surface area contributed by atoms with Crippen LogP contribution in [0.15, 0.2) is 66.7 Å². The van der Waals surface area contributed by atoms with Crippen molar-refractivity contribution in [1.82, 2.24) is 0 Å². The lowest BCUT2D eigenvalue weighted by atomic mass is 10.1. The van der Waals surface area contributed by atoms with Gasteiger partial charge in [0.15, 0.2) is 0 Å². The fourth-order valence-electron chi connectivity index (χ4n) is 2.86. The summed E-state index contributed by atoms with van der Waals surface area (Å²) >= 11 is 6.12. The van der Waals surface area contributed by atoms with Crippen molar-refractivity contribution in [3.63, 3.8) is 0 Å². The third-order valence-corrected chi connectivity index (χ3v) is 4.55. The number of hydrogen-bond acceptors (Lipinski definition) is 3. The summed E-state index contributed by atoms with van der Waals surface area (Å²) in [6, 6.07) is 20.1. The molecule has 0 saturated carbocycles. The highest BCUT2D eigenvalue weighted by molar-refractivity contribution is 6.30. The summed E-state index contributed by atoms with van der Waals surface area (Å²) in [6.07, 6.45) is 0. The molecule has 0 unspecified atom stereocenters. The van der Waals surface area contributed by atoms with Crippen LogP contribution in [0.5, 0.6) is 11.5 Å². The molecular formula is C22H21ClFNO2. The van der Waals surface area contributed by atoms with Gasteiger partial charge in [0.25, 0.3) is 0 Å². The highest BCUT2D eigenvalue weighted by atomic mass is 35.5. The first-order valence-corrected chi connectivity index (χ1v) is 8.92. The van der Waals surface area contributed by atoms with Gasteiger partial charge in [-0.15, -0.1) is 0 Å². The van der Waals surface area contributed by atoms with Crippen LogP contribution in [0.3, 0.4) is 0 Å². The van der Waals surface area contributed by atoms with Crippen LogP contribution in [0.2, 0.25) is 5.02 Å². The van der Waals surface area contributed by atoms with Crippen molar-refractivity contribution in [2.45, 2.75) is 13.1 Å². The fraction of sp³-hybridized carbons (Fsp3) is 0.182. The van der Waals surface area contributed by atoms with Crippen LogP contribution >= 0.6 is 11.6 Å². The molecule has 140 valence electrons. The Bertz CT molecular complexity index is 832. The molecule has 3 rings (SSSR count). The Labute approximate surface area is 163 Å². The predicted molar refractivity (Wildman–Crippen MR) is 107 cm³/mol. The third-order valence-electron chi connectivity index (χ3n) is 4.31. The van der Waals surface area contributed by atoms with E-state index < -0.39 is 0 Å². The van der Waals surface area contributed by atoms with E-state index >= 15 is 0 Å². The number of anilines is 1. The van der Waals surface area contributed by atoms with Crippen molar-refractivity contribution >= 4 is 17.3 Å². The van der Waals surface area contributed by atoms with Crippen LogP contribution in [0.4, 0.5) is 10.1 Å². The van der Waals surface area contributed by atoms with Gasteiger partial charge >= 0.3 is 0 Å². The Hall–Kier alpha value is -2.72. The van der Waals surface area contributed by atoms with Crippen molar-refractivity contribution < 1.29 is 13.9 Å². The number of nitrogens with zero attached hydrogens (tertiary/aromatic N) is 1. The molecule has 0 heterocycles. The minimum absolute atomic E-state index is 0.304. The van der Waals surface area contributed by atoms with Crippen molar-refractivity contribution in [3.05, 3.63) is 88.7 Å². The summed E-state index contributed by atoms with van der Waals surface area (Å²) in [5.74, 6) is 1.27. The van der Waals surface area contributed by atoms with E-state index in [1.54, 1.807) is 26.4 Å². The molecule has 0 aromatic heterocycles. The number of rotatable bonds is 7. The number of ether oxygens (including phenoxy) is 2. The molecule has 0 bridgehead atoms. The SMILES string of the molecule is COc1ccc(CN(Cc2ccc(OC)cc2)c2cc(Cl)ccc2F)cc1. The topological polar surface area (TPSA) is 21.7 Å². The van der Waals surface area contributed by atoms with Gasteiger partial charge < -0.3 is 14.4 Å². The smallest absolute Gasteiger partial charge is 0.146 e. The molecule has 0 N–H and O–H groups in total. The zero-order chi connectivity index (χ0) is 19.2. The quantitative estimate of drug-likeness (QED) is 0.520. The van der Waals surface area contributed by atoms with Crippen LogP contribution < -0.4 is 14.4 Å². The number of hydrogen-bond donors (Lipinski definition) is 0. The largest absolute Gasteiger partial charge is 0.497 e. The molecule has 5 heteroatoms. The summed E-state index contributed by atoms with van der Waals surface area (Å²) in [7, 11) is 3.26. The molecule has 0 aliphatic rings. The lowest BCUT2D eigenvalue weighted by molar-refractivity contribution is 0.414. The second kappa shape index (κ2) is 8.78. The zero-order valence-corrected chi connectivity index (χ0v) is 16.0. The van der Waals surface area contributed by atoms with Crippen molar-refractivity contribution in [1.29, 1.82) is 0 Å². The second-order valence-electron chi connectivity index (χ2n) is 6.15. The summed E-state index contributed by atoms with van der Waals surface area (Å²) in [4.78, 5) is 1.96. The van der Waals surface area contributed by atoms with E-state index in [0.29, 0.717) is 23.8 Å². The van der Waals surface area contributed by atoms with Gasteiger partial charge in [-0.2, -0.15) is 0 Å². The molecule has 0 fully saturated rings. The van der Waals surface area contributed by atoms with E-state index in [-0.39, 0.29) is 5.82 Å². The van der Waals surface area contributed by atoms with E-state index in [9.17, 15) is 4.39 Å². The first-order chi connectivity index (χ1) is 13.1. The van der Waals surface area contributed by atoms with Gasteiger partial charge in [-0.05, 0) is 53.6 Å². The molecule has 0 spiro atoms. The van der Waals surface area contributed by atoms with E-state index in [1.807, 2.05) is 53.4 Å². The summed E-state index contributed by atoms with van der Waals surface area (Å²) in [5.41, 5.74) is 2.56. The lowest BCUT2D eigenvalue weighted by Gasteiger charge is -2.26. The summed E-state index contributed by atoms with van der Waals surface area (Å²) in [5, 5.41) is 0.501. The van der Waals surface area contributed by atoms with E-state index in [4.69, 9.17) is 21.1 Å². The number of methoxy groups -OCH3 is 2. The summed E-state index contributed by atoms with van der Waals surface area (Å²) in [6.45, 7) is 1.07. The average molecular weight is 386 g/mol. The summed E-state index contributed by atoms with van der Waals surface area (Å²) < 4.78 is 24.9. The fourth-order valence-corrected chi connectivity index (χ4v) is 3.02. The first kappa shape index (κ1) is 19.1. The Morgan fingerprint density at radius 3 is 1.70 bits per heavy atom. The van der Waals surface area contributed by atoms with Gasteiger partial charge in [-0.1, -0.05) is 35.9 Å². The monoisotopic (exact) mass is 385 g/mol. The van der Waals surface area contributed by atoms with Crippen LogP contribution in [0, 0.1) is 5.82 Å².